The Kier molecular flexibility index (Phi) is 4.24. The summed E-state index contributed by atoms with van der Waals surface area (Å²) in [5.74, 6) is -0.207. The van der Waals surface area contributed by atoms with Gasteiger partial charge >= 0.3 is 5.97 Å². The zero-order valence-corrected chi connectivity index (χ0v) is 12.7. The van der Waals surface area contributed by atoms with Gasteiger partial charge in [-0.2, -0.15) is 0 Å². The van der Waals surface area contributed by atoms with E-state index >= 15 is 0 Å². The van der Waals surface area contributed by atoms with Crippen LogP contribution in [0.15, 0.2) is 30.3 Å². The highest BCUT2D eigenvalue weighted by molar-refractivity contribution is 5.90. The summed E-state index contributed by atoms with van der Waals surface area (Å²) in [5, 5.41) is 9.84. The molecule has 0 bridgehead atoms. The average Bonchev–Trinajstić information content (AvgIpc) is 2.92. The van der Waals surface area contributed by atoms with Crippen LogP contribution in [0.1, 0.15) is 29.8 Å². The normalized spacial score (nSPS) is 18.7. The van der Waals surface area contributed by atoms with Crippen LogP contribution in [0.25, 0.3) is 10.9 Å². The van der Waals surface area contributed by atoms with Crippen molar-refractivity contribution < 1.29 is 14.6 Å². The van der Waals surface area contributed by atoms with E-state index in [9.17, 15) is 4.79 Å². The van der Waals surface area contributed by atoms with Gasteiger partial charge in [0.15, 0.2) is 0 Å². The summed E-state index contributed by atoms with van der Waals surface area (Å²) in [4.78, 5) is 17.4. The maximum atomic E-state index is 10.9. The molecule has 116 valence electrons. The third-order valence-corrected chi connectivity index (χ3v) is 4.27. The number of aromatic nitrogens is 1. The summed E-state index contributed by atoms with van der Waals surface area (Å²) in [6, 6.07) is 9.47. The number of likely N-dealkylation sites (tertiary alicyclic amines) is 1. The number of carboxylic acid groups (broad SMARTS) is 1. The molecule has 1 unspecified atom stereocenters. The molecule has 5 nitrogen and oxygen atoms in total. The molecule has 0 saturated carbocycles. The summed E-state index contributed by atoms with van der Waals surface area (Å²) >= 11 is 0. The van der Waals surface area contributed by atoms with Gasteiger partial charge in [0.25, 0.3) is 0 Å². The van der Waals surface area contributed by atoms with E-state index in [0.29, 0.717) is 18.2 Å². The average molecular weight is 300 g/mol. The summed E-state index contributed by atoms with van der Waals surface area (Å²) in [7, 11) is 2.17. The van der Waals surface area contributed by atoms with E-state index < -0.39 is 5.97 Å². The first-order chi connectivity index (χ1) is 10.6. The van der Waals surface area contributed by atoms with Gasteiger partial charge in [0.05, 0.1) is 12.1 Å². The Morgan fingerprint density at radius 1 is 1.41 bits per heavy atom. The molecule has 22 heavy (non-hydrogen) atoms. The van der Waals surface area contributed by atoms with Crippen molar-refractivity contribution in [3.63, 3.8) is 0 Å². The number of hydrogen-bond donors (Lipinski definition) is 1. The molecule has 1 saturated heterocycles. The molecule has 0 spiro atoms. The first-order valence-corrected chi connectivity index (χ1v) is 7.60. The van der Waals surface area contributed by atoms with Crippen LogP contribution in [0.3, 0.4) is 0 Å². The number of carboxylic acids is 1. The fourth-order valence-corrected chi connectivity index (χ4v) is 2.97. The minimum atomic E-state index is -1.01. The number of ether oxygens (including phenoxy) is 1. The van der Waals surface area contributed by atoms with Gasteiger partial charge in [0.1, 0.15) is 11.4 Å². The summed E-state index contributed by atoms with van der Waals surface area (Å²) in [5.41, 5.74) is 0.730. The van der Waals surface area contributed by atoms with Gasteiger partial charge in [0.2, 0.25) is 0 Å². The van der Waals surface area contributed by atoms with E-state index in [4.69, 9.17) is 9.84 Å². The Morgan fingerprint density at radius 2 is 2.27 bits per heavy atom. The number of aromatic carboxylic acids is 1. The minimum Gasteiger partial charge on any atom is -0.494 e. The van der Waals surface area contributed by atoms with Crippen molar-refractivity contribution in [1.82, 2.24) is 9.88 Å². The number of hydrogen-bond acceptors (Lipinski definition) is 4. The van der Waals surface area contributed by atoms with E-state index in [2.05, 4.69) is 16.9 Å². The maximum absolute atomic E-state index is 10.9. The summed E-state index contributed by atoms with van der Waals surface area (Å²) < 4.78 is 5.83. The molecule has 0 radical (unpaired) electrons. The number of rotatable bonds is 5. The number of pyridine rings is 1. The molecule has 0 amide bonds. The zero-order chi connectivity index (χ0) is 15.5. The standard InChI is InChI=1S/C17H20N2O3/c1-19-9-2-3-13(19)8-10-22-14-5-7-15-12(11-14)4-6-16(18-15)17(20)21/h4-7,11,13H,2-3,8-10H2,1H3,(H,20,21). The van der Waals surface area contributed by atoms with Gasteiger partial charge < -0.3 is 14.7 Å². The molecule has 5 heteroatoms. The number of nitrogens with zero attached hydrogens (tertiary/aromatic N) is 2. The number of fused-ring (bicyclic) bond motifs is 1. The Hall–Kier alpha value is -2.14. The molecule has 1 fully saturated rings. The van der Waals surface area contributed by atoms with Gasteiger partial charge in [-0.1, -0.05) is 6.07 Å². The van der Waals surface area contributed by atoms with Crippen molar-refractivity contribution >= 4 is 16.9 Å². The minimum absolute atomic E-state index is 0.0606. The SMILES string of the molecule is CN1CCCC1CCOc1ccc2nc(C(=O)O)ccc2c1. The topological polar surface area (TPSA) is 62.7 Å². The fourth-order valence-electron chi connectivity index (χ4n) is 2.97. The van der Waals surface area contributed by atoms with Crippen LogP contribution in [-0.2, 0) is 0 Å². The molecule has 1 aromatic carbocycles. The Balaban J connectivity index is 1.64. The maximum Gasteiger partial charge on any atom is 0.354 e. The predicted molar refractivity (Wildman–Crippen MR) is 84.5 cm³/mol. The van der Waals surface area contributed by atoms with E-state index in [-0.39, 0.29) is 5.69 Å². The zero-order valence-electron chi connectivity index (χ0n) is 12.7. The lowest BCUT2D eigenvalue weighted by atomic mass is 10.1. The van der Waals surface area contributed by atoms with Crippen LogP contribution in [0, 0.1) is 0 Å². The van der Waals surface area contributed by atoms with Crippen LogP contribution in [0.4, 0.5) is 0 Å². The van der Waals surface area contributed by atoms with Gasteiger partial charge in [-0.3, -0.25) is 0 Å². The van der Waals surface area contributed by atoms with Gasteiger partial charge in [-0.25, -0.2) is 9.78 Å². The highest BCUT2D eigenvalue weighted by atomic mass is 16.5. The molecule has 1 atom stereocenters. The molecular formula is C17H20N2O3. The lowest BCUT2D eigenvalue weighted by molar-refractivity contribution is 0.0691. The molecule has 0 aliphatic carbocycles. The van der Waals surface area contributed by atoms with E-state index in [1.807, 2.05) is 12.1 Å². The first kappa shape index (κ1) is 14.8. The predicted octanol–water partition coefficient (Wildman–Crippen LogP) is 2.80. The summed E-state index contributed by atoms with van der Waals surface area (Å²) in [6.45, 7) is 1.87. The second-order valence-electron chi connectivity index (χ2n) is 5.77. The third-order valence-electron chi connectivity index (χ3n) is 4.27. The molecule has 2 heterocycles. The van der Waals surface area contributed by atoms with Gasteiger partial charge in [-0.05, 0) is 57.1 Å². The van der Waals surface area contributed by atoms with Crippen molar-refractivity contribution in [3.05, 3.63) is 36.0 Å². The van der Waals surface area contributed by atoms with Gasteiger partial charge in [0, 0.05) is 11.4 Å². The lowest BCUT2D eigenvalue weighted by Crippen LogP contribution is -2.26. The quantitative estimate of drug-likeness (QED) is 0.920. The Bertz CT molecular complexity index is 687. The van der Waals surface area contributed by atoms with Crippen molar-refractivity contribution in [2.45, 2.75) is 25.3 Å². The monoisotopic (exact) mass is 300 g/mol. The molecule has 1 aromatic heterocycles. The van der Waals surface area contributed by atoms with E-state index in [1.165, 1.54) is 25.5 Å². The largest absolute Gasteiger partial charge is 0.494 e. The molecular weight excluding hydrogens is 280 g/mol. The van der Waals surface area contributed by atoms with E-state index in [1.54, 1.807) is 12.1 Å². The van der Waals surface area contributed by atoms with Crippen LogP contribution in [-0.4, -0.2) is 47.2 Å². The first-order valence-electron chi connectivity index (χ1n) is 7.60. The van der Waals surface area contributed by atoms with Gasteiger partial charge in [-0.15, -0.1) is 0 Å². The Labute approximate surface area is 129 Å². The van der Waals surface area contributed by atoms with Crippen LogP contribution >= 0.6 is 0 Å². The van der Waals surface area contributed by atoms with Crippen molar-refractivity contribution in [2.75, 3.05) is 20.2 Å². The molecule has 1 aliphatic heterocycles. The van der Waals surface area contributed by atoms with Crippen molar-refractivity contribution in [1.29, 1.82) is 0 Å². The number of carbonyl (C=O) groups is 1. The van der Waals surface area contributed by atoms with Crippen LogP contribution in [0.5, 0.6) is 5.75 Å². The Morgan fingerprint density at radius 3 is 3.00 bits per heavy atom. The van der Waals surface area contributed by atoms with Crippen LogP contribution < -0.4 is 4.74 Å². The molecule has 1 aliphatic rings. The highest BCUT2D eigenvalue weighted by Gasteiger charge is 2.20. The van der Waals surface area contributed by atoms with Crippen molar-refractivity contribution in [2.24, 2.45) is 0 Å². The lowest BCUT2D eigenvalue weighted by Gasteiger charge is -2.19. The van der Waals surface area contributed by atoms with Crippen molar-refractivity contribution in [3.8, 4) is 5.75 Å². The smallest absolute Gasteiger partial charge is 0.354 e. The van der Waals surface area contributed by atoms with E-state index in [0.717, 1.165) is 17.6 Å². The summed E-state index contributed by atoms with van der Waals surface area (Å²) in [6.07, 6.45) is 3.55. The number of benzene rings is 1. The molecule has 1 N–H and O–H groups in total. The fraction of sp³-hybridized carbons (Fsp3) is 0.412. The second kappa shape index (κ2) is 6.32. The third kappa shape index (κ3) is 3.20. The molecule has 3 rings (SSSR count). The molecule has 2 aromatic rings. The van der Waals surface area contributed by atoms with Crippen LogP contribution in [0.2, 0.25) is 0 Å². The second-order valence-corrected chi connectivity index (χ2v) is 5.77. The highest BCUT2D eigenvalue weighted by Crippen LogP contribution is 2.22.